The predicted molar refractivity (Wildman–Crippen MR) is 65.6 cm³/mol. The van der Waals surface area contributed by atoms with E-state index in [1.165, 1.54) is 6.07 Å². The van der Waals surface area contributed by atoms with Crippen LogP contribution in [0.2, 0.25) is 0 Å². The quantitative estimate of drug-likeness (QED) is 0.798. The average molecular weight is 237 g/mol. The summed E-state index contributed by atoms with van der Waals surface area (Å²) in [7, 11) is 1.74. The Balaban J connectivity index is 2.44. The Bertz CT molecular complexity index is 461. The molecule has 1 aliphatic rings. The number of nitrogens with zero attached hydrogens (tertiary/aromatic N) is 2. The lowest BCUT2D eigenvalue weighted by Crippen LogP contribution is -2.30. The molecule has 1 fully saturated rings. The summed E-state index contributed by atoms with van der Waals surface area (Å²) < 4.78 is 13.5. The van der Waals surface area contributed by atoms with E-state index in [2.05, 4.69) is 0 Å². The zero-order valence-corrected chi connectivity index (χ0v) is 10.0. The van der Waals surface area contributed by atoms with Gasteiger partial charge >= 0.3 is 6.03 Å². The second-order valence-corrected chi connectivity index (χ2v) is 4.21. The minimum atomic E-state index is -0.473. The van der Waals surface area contributed by atoms with Gasteiger partial charge in [-0.15, -0.1) is 0 Å². The third kappa shape index (κ3) is 1.92. The maximum Gasteiger partial charge on any atom is 0.324 e. The predicted octanol–water partition coefficient (Wildman–Crippen LogP) is 1.84. The number of likely N-dealkylation sites (N-methyl/N-ethyl adjacent to an activating group) is 1. The van der Waals surface area contributed by atoms with Gasteiger partial charge in [0.25, 0.3) is 0 Å². The van der Waals surface area contributed by atoms with Crippen molar-refractivity contribution >= 4 is 17.4 Å². The minimum absolute atomic E-state index is 0.0936. The second-order valence-electron chi connectivity index (χ2n) is 4.21. The molecule has 0 atom stereocenters. The molecule has 0 aromatic heterocycles. The number of hydrogen-bond acceptors (Lipinski definition) is 2. The molecule has 92 valence electrons. The molecule has 0 saturated carbocycles. The van der Waals surface area contributed by atoms with Crippen molar-refractivity contribution in [1.82, 2.24) is 4.90 Å². The van der Waals surface area contributed by atoms with Crippen LogP contribution in [0.4, 0.5) is 20.6 Å². The number of carbonyl (C=O) groups excluding carboxylic acids is 1. The Labute approximate surface area is 99.8 Å². The first-order valence-electron chi connectivity index (χ1n) is 5.65. The molecule has 0 radical (unpaired) electrons. The Kier molecular flexibility index (Phi) is 2.92. The van der Waals surface area contributed by atoms with Gasteiger partial charge in [-0.1, -0.05) is 6.92 Å². The van der Waals surface area contributed by atoms with E-state index < -0.39 is 5.82 Å². The van der Waals surface area contributed by atoms with E-state index in [0.29, 0.717) is 25.2 Å². The summed E-state index contributed by atoms with van der Waals surface area (Å²) in [5.41, 5.74) is 7.20. The molecule has 2 N–H and O–H groups in total. The Hall–Kier alpha value is -1.78. The summed E-state index contributed by atoms with van der Waals surface area (Å²) >= 11 is 0. The first-order chi connectivity index (χ1) is 8.04. The number of amides is 2. The van der Waals surface area contributed by atoms with E-state index in [1.54, 1.807) is 22.9 Å². The highest BCUT2D eigenvalue weighted by Gasteiger charge is 2.28. The van der Waals surface area contributed by atoms with Crippen LogP contribution in [0.5, 0.6) is 0 Å². The van der Waals surface area contributed by atoms with Crippen molar-refractivity contribution in [3.05, 3.63) is 23.5 Å². The smallest absolute Gasteiger partial charge is 0.324 e. The topological polar surface area (TPSA) is 49.6 Å². The SMILES string of the molecule is CCc1cc(N)c(F)cc1N1CCN(C)C1=O. The molecule has 0 unspecified atom stereocenters. The summed E-state index contributed by atoms with van der Waals surface area (Å²) in [5.74, 6) is -0.473. The van der Waals surface area contributed by atoms with Gasteiger partial charge in [-0.05, 0) is 18.1 Å². The van der Waals surface area contributed by atoms with Gasteiger partial charge in [0.2, 0.25) is 0 Å². The normalized spacial score (nSPS) is 15.8. The molecule has 17 heavy (non-hydrogen) atoms. The van der Waals surface area contributed by atoms with Crippen molar-refractivity contribution in [3.63, 3.8) is 0 Å². The van der Waals surface area contributed by atoms with Gasteiger partial charge in [0.15, 0.2) is 0 Å². The number of nitrogen functional groups attached to an aromatic ring is 1. The fraction of sp³-hybridized carbons (Fsp3) is 0.417. The van der Waals surface area contributed by atoms with Gasteiger partial charge in [-0.25, -0.2) is 9.18 Å². The van der Waals surface area contributed by atoms with Crippen LogP contribution in [-0.2, 0) is 6.42 Å². The second kappa shape index (κ2) is 4.24. The van der Waals surface area contributed by atoms with Gasteiger partial charge in [0.05, 0.1) is 11.4 Å². The van der Waals surface area contributed by atoms with Gasteiger partial charge in [-0.3, -0.25) is 4.90 Å². The molecule has 1 saturated heterocycles. The summed E-state index contributed by atoms with van der Waals surface area (Å²) in [4.78, 5) is 15.1. The summed E-state index contributed by atoms with van der Waals surface area (Å²) in [6.45, 7) is 3.21. The van der Waals surface area contributed by atoms with Crippen molar-refractivity contribution in [3.8, 4) is 0 Å². The lowest BCUT2D eigenvalue weighted by Gasteiger charge is -2.20. The molecular weight excluding hydrogens is 221 g/mol. The Morgan fingerprint density at radius 3 is 2.65 bits per heavy atom. The summed E-state index contributed by atoms with van der Waals surface area (Å²) in [6, 6.07) is 2.87. The van der Waals surface area contributed by atoms with Gasteiger partial charge in [0, 0.05) is 26.2 Å². The Morgan fingerprint density at radius 2 is 2.12 bits per heavy atom. The molecule has 2 rings (SSSR count). The van der Waals surface area contributed by atoms with Crippen molar-refractivity contribution in [1.29, 1.82) is 0 Å². The molecule has 0 aliphatic carbocycles. The van der Waals surface area contributed by atoms with Gasteiger partial charge < -0.3 is 10.6 Å². The number of urea groups is 1. The van der Waals surface area contributed by atoms with Crippen LogP contribution in [0.25, 0.3) is 0 Å². The number of benzene rings is 1. The van der Waals surface area contributed by atoms with Crippen LogP contribution in [0, 0.1) is 5.82 Å². The fourth-order valence-corrected chi connectivity index (χ4v) is 2.03. The highest BCUT2D eigenvalue weighted by Crippen LogP contribution is 2.28. The number of hydrogen-bond donors (Lipinski definition) is 1. The molecular formula is C12H16FN3O. The minimum Gasteiger partial charge on any atom is -0.396 e. The molecule has 1 heterocycles. The number of anilines is 2. The van der Waals surface area contributed by atoms with Gasteiger partial charge in [-0.2, -0.15) is 0 Å². The molecule has 1 aliphatic heterocycles. The number of aryl methyl sites for hydroxylation is 1. The van der Waals surface area contributed by atoms with Crippen LogP contribution in [-0.4, -0.2) is 31.1 Å². The average Bonchev–Trinajstić information content (AvgIpc) is 2.63. The van der Waals surface area contributed by atoms with E-state index in [9.17, 15) is 9.18 Å². The standard InChI is InChI=1S/C12H16FN3O/c1-3-8-6-10(14)9(13)7-11(8)16-5-4-15(2)12(16)17/h6-7H,3-5,14H2,1-2H3. The van der Waals surface area contributed by atoms with Crippen LogP contribution < -0.4 is 10.6 Å². The van der Waals surface area contributed by atoms with Crippen molar-refractivity contribution in [2.24, 2.45) is 0 Å². The largest absolute Gasteiger partial charge is 0.396 e. The molecule has 0 bridgehead atoms. The fourth-order valence-electron chi connectivity index (χ4n) is 2.03. The van der Waals surface area contributed by atoms with Crippen molar-refractivity contribution in [2.75, 3.05) is 30.8 Å². The highest BCUT2D eigenvalue weighted by molar-refractivity contribution is 5.95. The van der Waals surface area contributed by atoms with E-state index in [1.807, 2.05) is 6.92 Å². The zero-order chi connectivity index (χ0) is 12.6. The molecule has 0 spiro atoms. The molecule has 1 aromatic rings. The number of carbonyl (C=O) groups is 1. The molecule has 2 amide bonds. The number of rotatable bonds is 2. The molecule has 5 heteroatoms. The maximum absolute atomic E-state index is 13.5. The highest BCUT2D eigenvalue weighted by atomic mass is 19.1. The van der Waals surface area contributed by atoms with Gasteiger partial charge in [0.1, 0.15) is 5.82 Å². The van der Waals surface area contributed by atoms with E-state index in [-0.39, 0.29) is 11.7 Å². The summed E-state index contributed by atoms with van der Waals surface area (Å²) in [6.07, 6.45) is 0.716. The van der Waals surface area contributed by atoms with Crippen molar-refractivity contribution in [2.45, 2.75) is 13.3 Å². The summed E-state index contributed by atoms with van der Waals surface area (Å²) in [5, 5.41) is 0. The lowest BCUT2D eigenvalue weighted by atomic mass is 10.1. The van der Waals surface area contributed by atoms with E-state index >= 15 is 0 Å². The number of nitrogens with two attached hydrogens (primary N) is 1. The Morgan fingerprint density at radius 1 is 1.41 bits per heavy atom. The first kappa shape index (κ1) is 11.7. The third-order valence-electron chi connectivity index (χ3n) is 3.09. The lowest BCUT2D eigenvalue weighted by molar-refractivity contribution is 0.229. The maximum atomic E-state index is 13.5. The molecule has 4 nitrogen and oxygen atoms in total. The number of halogens is 1. The van der Waals surface area contributed by atoms with Crippen LogP contribution in [0.3, 0.4) is 0 Å². The zero-order valence-electron chi connectivity index (χ0n) is 10.0. The van der Waals surface area contributed by atoms with E-state index in [4.69, 9.17) is 5.73 Å². The van der Waals surface area contributed by atoms with E-state index in [0.717, 1.165) is 5.56 Å². The van der Waals surface area contributed by atoms with Crippen LogP contribution >= 0.6 is 0 Å². The van der Waals surface area contributed by atoms with Crippen molar-refractivity contribution < 1.29 is 9.18 Å². The molecule has 1 aromatic carbocycles. The monoisotopic (exact) mass is 237 g/mol. The third-order valence-corrected chi connectivity index (χ3v) is 3.09. The van der Waals surface area contributed by atoms with Crippen LogP contribution in [0.1, 0.15) is 12.5 Å². The van der Waals surface area contributed by atoms with Crippen LogP contribution in [0.15, 0.2) is 12.1 Å². The first-order valence-corrected chi connectivity index (χ1v) is 5.65.